The number of ether oxygens (including phenoxy) is 1. The third-order valence-electron chi connectivity index (χ3n) is 3.26. The van der Waals surface area contributed by atoms with Crippen molar-refractivity contribution in [1.82, 2.24) is 0 Å². The molecule has 0 aliphatic heterocycles. The third kappa shape index (κ3) is 8.35. The van der Waals surface area contributed by atoms with Gasteiger partial charge in [0.05, 0.1) is 6.61 Å². The molecule has 21 heavy (non-hydrogen) atoms. The van der Waals surface area contributed by atoms with Crippen molar-refractivity contribution < 1.29 is 9.53 Å². The van der Waals surface area contributed by atoms with E-state index in [1.54, 1.807) is 0 Å². The van der Waals surface area contributed by atoms with Crippen LogP contribution in [0.4, 0.5) is 5.69 Å². The second-order valence-corrected chi connectivity index (χ2v) is 5.23. The molecule has 0 heterocycles. The molecule has 0 saturated carbocycles. The van der Waals surface area contributed by atoms with Crippen molar-refractivity contribution in [3.63, 3.8) is 0 Å². The molecule has 0 aliphatic rings. The van der Waals surface area contributed by atoms with Crippen LogP contribution < -0.4 is 15.8 Å². The first-order valence-electron chi connectivity index (χ1n) is 7.99. The van der Waals surface area contributed by atoms with Crippen LogP contribution in [0.2, 0.25) is 0 Å². The molecule has 0 atom stereocenters. The lowest BCUT2D eigenvalue weighted by Gasteiger charge is -2.08. The van der Waals surface area contributed by atoms with Crippen LogP contribution >= 0.6 is 0 Å². The Morgan fingerprint density at radius 1 is 1.10 bits per heavy atom. The number of hydrogen-bond acceptors (Lipinski definition) is 3. The van der Waals surface area contributed by atoms with Gasteiger partial charge in [-0.15, -0.1) is 0 Å². The maximum absolute atomic E-state index is 11.7. The normalized spacial score (nSPS) is 10.4. The smallest absolute Gasteiger partial charge is 0.224 e. The Morgan fingerprint density at radius 2 is 1.86 bits per heavy atom. The predicted octanol–water partition coefficient (Wildman–Crippen LogP) is 3.71. The van der Waals surface area contributed by atoms with Gasteiger partial charge in [-0.1, -0.05) is 26.2 Å². The maximum atomic E-state index is 11.7. The summed E-state index contributed by atoms with van der Waals surface area (Å²) < 4.78 is 5.67. The molecular weight excluding hydrogens is 264 g/mol. The molecule has 4 heteroatoms. The molecule has 4 nitrogen and oxygen atoms in total. The molecular formula is C17H28N2O2. The predicted molar refractivity (Wildman–Crippen MR) is 87.6 cm³/mol. The Hall–Kier alpha value is -1.55. The summed E-state index contributed by atoms with van der Waals surface area (Å²) in [7, 11) is 0. The van der Waals surface area contributed by atoms with E-state index in [0.29, 0.717) is 13.0 Å². The zero-order valence-electron chi connectivity index (χ0n) is 13.1. The lowest BCUT2D eigenvalue weighted by Crippen LogP contribution is -2.11. The van der Waals surface area contributed by atoms with Gasteiger partial charge in [0.15, 0.2) is 0 Å². The first-order chi connectivity index (χ1) is 10.3. The zero-order valence-corrected chi connectivity index (χ0v) is 13.1. The first kappa shape index (κ1) is 17.5. The Balaban J connectivity index is 2.25. The van der Waals surface area contributed by atoms with Gasteiger partial charge in [-0.2, -0.15) is 0 Å². The van der Waals surface area contributed by atoms with Gasteiger partial charge >= 0.3 is 0 Å². The van der Waals surface area contributed by atoms with Crippen LogP contribution in [0.1, 0.15) is 51.9 Å². The summed E-state index contributed by atoms with van der Waals surface area (Å²) in [5.41, 5.74) is 6.22. The van der Waals surface area contributed by atoms with Crippen molar-refractivity contribution >= 4 is 11.6 Å². The van der Waals surface area contributed by atoms with Crippen molar-refractivity contribution in [2.24, 2.45) is 5.73 Å². The van der Waals surface area contributed by atoms with Crippen LogP contribution in [-0.4, -0.2) is 19.1 Å². The van der Waals surface area contributed by atoms with Gasteiger partial charge in [0.1, 0.15) is 5.75 Å². The number of unbranched alkanes of at least 4 members (excludes halogenated alkanes) is 4. The van der Waals surface area contributed by atoms with Gasteiger partial charge in [0, 0.05) is 12.1 Å². The molecule has 0 unspecified atom stereocenters. The largest absolute Gasteiger partial charge is 0.494 e. The minimum absolute atomic E-state index is 0.0386. The number of carbonyl (C=O) groups is 1. The average molecular weight is 292 g/mol. The fraction of sp³-hybridized carbons (Fsp3) is 0.588. The molecule has 0 spiro atoms. The second kappa shape index (κ2) is 11.1. The maximum Gasteiger partial charge on any atom is 0.224 e. The minimum atomic E-state index is 0.0386. The number of carbonyl (C=O) groups excluding carboxylic acids is 1. The molecule has 1 amide bonds. The van der Waals surface area contributed by atoms with Crippen LogP contribution in [0.5, 0.6) is 5.75 Å². The Bertz CT molecular complexity index is 390. The summed E-state index contributed by atoms with van der Waals surface area (Å²) >= 11 is 0. The molecule has 3 N–H and O–H groups in total. The van der Waals surface area contributed by atoms with Crippen LogP contribution in [0.3, 0.4) is 0 Å². The summed E-state index contributed by atoms with van der Waals surface area (Å²) in [6.45, 7) is 3.59. The zero-order chi connectivity index (χ0) is 15.3. The van der Waals surface area contributed by atoms with E-state index in [4.69, 9.17) is 10.5 Å². The van der Waals surface area contributed by atoms with Crippen LogP contribution in [0.25, 0.3) is 0 Å². The summed E-state index contributed by atoms with van der Waals surface area (Å²) in [5.74, 6) is 0.893. The summed E-state index contributed by atoms with van der Waals surface area (Å²) in [6.07, 6.45) is 7.05. The van der Waals surface area contributed by atoms with E-state index >= 15 is 0 Å². The van der Waals surface area contributed by atoms with Gasteiger partial charge in [0.25, 0.3) is 0 Å². The average Bonchev–Trinajstić information content (AvgIpc) is 2.49. The standard InChI is InChI=1S/C17H28N2O2/c1-2-3-4-7-14-21-16-11-9-15(10-12-16)19-17(20)8-5-6-13-18/h9-12H,2-8,13-14,18H2,1H3,(H,19,20). The molecule has 0 aromatic heterocycles. The van der Waals surface area contributed by atoms with Crippen LogP contribution in [0.15, 0.2) is 24.3 Å². The van der Waals surface area contributed by atoms with Crippen LogP contribution in [0, 0.1) is 0 Å². The quantitative estimate of drug-likeness (QED) is 0.611. The highest BCUT2D eigenvalue weighted by molar-refractivity contribution is 5.90. The van der Waals surface area contributed by atoms with Crippen molar-refractivity contribution in [1.29, 1.82) is 0 Å². The SMILES string of the molecule is CCCCCCOc1ccc(NC(=O)CCCCN)cc1. The van der Waals surface area contributed by atoms with Gasteiger partial charge in [0.2, 0.25) is 5.91 Å². The van der Waals surface area contributed by atoms with E-state index in [9.17, 15) is 4.79 Å². The topological polar surface area (TPSA) is 64.3 Å². The lowest BCUT2D eigenvalue weighted by atomic mass is 10.2. The first-order valence-corrected chi connectivity index (χ1v) is 7.99. The molecule has 1 aromatic rings. The second-order valence-electron chi connectivity index (χ2n) is 5.23. The Kier molecular flexibility index (Phi) is 9.29. The van der Waals surface area contributed by atoms with Gasteiger partial charge in [-0.05, 0) is 50.1 Å². The van der Waals surface area contributed by atoms with Crippen molar-refractivity contribution in [3.8, 4) is 5.75 Å². The number of amides is 1. The Labute approximate surface area is 128 Å². The minimum Gasteiger partial charge on any atom is -0.494 e. The summed E-state index contributed by atoms with van der Waals surface area (Å²) in [5, 5.41) is 2.88. The van der Waals surface area contributed by atoms with E-state index in [0.717, 1.165) is 37.3 Å². The van der Waals surface area contributed by atoms with E-state index < -0.39 is 0 Å². The summed E-state index contributed by atoms with van der Waals surface area (Å²) in [4.78, 5) is 11.7. The highest BCUT2D eigenvalue weighted by Gasteiger charge is 2.02. The van der Waals surface area contributed by atoms with Crippen molar-refractivity contribution in [2.45, 2.75) is 51.9 Å². The number of hydrogen-bond donors (Lipinski definition) is 2. The van der Waals surface area contributed by atoms with Crippen LogP contribution in [-0.2, 0) is 4.79 Å². The van der Waals surface area contributed by atoms with Gasteiger partial charge in [-0.3, -0.25) is 4.79 Å². The number of nitrogens with one attached hydrogen (secondary N) is 1. The molecule has 0 bridgehead atoms. The number of nitrogens with two attached hydrogens (primary N) is 1. The molecule has 1 aromatic carbocycles. The number of benzene rings is 1. The van der Waals surface area contributed by atoms with E-state index in [2.05, 4.69) is 12.2 Å². The monoisotopic (exact) mass is 292 g/mol. The molecule has 0 aliphatic carbocycles. The molecule has 1 rings (SSSR count). The highest BCUT2D eigenvalue weighted by atomic mass is 16.5. The molecule has 118 valence electrons. The highest BCUT2D eigenvalue weighted by Crippen LogP contribution is 2.16. The molecule has 0 saturated heterocycles. The van der Waals surface area contributed by atoms with E-state index in [1.165, 1.54) is 19.3 Å². The van der Waals surface area contributed by atoms with Gasteiger partial charge in [-0.25, -0.2) is 0 Å². The summed E-state index contributed by atoms with van der Waals surface area (Å²) in [6, 6.07) is 7.55. The van der Waals surface area contributed by atoms with Crippen molar-refractivity contribution in [2.75, 3.05) is 18.5 Å². The molecule has 0 fully saturated rings. The lowest BCUT2D eigenvalue weighted by molar-refractivity contribution is -0.116. The fourth-order valence-electron chi connectivity index (χ4n) is 2.01. The molecule has 0 radical (unpaired) electrons. The Morgan fingerprint density at radius 3 is 2.52 bits per heavy atom. The van der Waals surface area contributed by atoms with E-state index in [-0.39, 0.29) is 5.91 Å². The van der Waals surface area contributed by atoms with Gasteiger partial charge < -0.3 is 15.8 Å². The number of rotatable bonds is 11. The van der Waals surface area contributed by atoms with E-state index in [1.807, 2.05) is 24.3 Å². The third-order valence-corrected chi connectivity index (χ3v) is 3.26. The number of anilines is 1. The fourth-order valence-corrected chi connectivity index (χ4v) is 2.01. The van der Waals surface area contributed by atoms with Crippen molar-refractivity contribution in [3.05, 3.63) is 24.3 Å².